The average molecular weight is 499 g/mol. The molecule has 2 heterocycles. The summed E-state index contributed by atoms with van der Waals surface area (Å²) < 4.78 is 11.1. The number of hydrogen-bond acceptors (Lipinski definition) is 6. The Hall–Kier alpha value is -2.84. The third-order valence-corrected chi connectivity index (χ3v) is 7.86. The Bertz CT molecular complexity index is 1080. The fourth-order valence-electron chi connectivity index (χ4n) is 4.41. The second kappa shape index (κ2) is 11.5. The summed E-state index contributed by atoms with van der Waals surface area (Å²) in [5.74, 6) is 0.866. The Labute approximate surface area is 208 Å². The molecule has 0 radical (unpaired) electrons. The number of nitrogens with one attached hydrogen (secondary N) is 1. The SMILES string of the molecule is COc1ccc(OC)c(C(C(=O)NC2CCCC2)N(Cc2cccs2)C(=O)Cc2cccs2)c1. The van der Waals surface area contributed by atoms with Gasteiger partial charge in [0.1, 0.15) is 17.5 Å². The van der Waals surface area contributed by atoms with Crippen molar-refractivity contribution < 1.29 is 19.1 Å². The standard InChI is InChI=1S/C26H30N2O4S2/c1-31-19-11-12-23(32-2)22(15-19)25(26(30)27-18-7-3-4-8-18)28(17-21-10-6-14-34-21)24(29)16-20-9-5-13-33-20/h5-6,9-15,18,25H,3-4,7-8,16-17H2,1-2H3,(H,27,30). The summed E-state index contributed by atoms with van der Waals surface area (Å²) in [6.07, 6.45) is 4.37. The minimum atomic E-state index is -0.847. The van der Waals surface area contributed by atoms with Crippen LogP contribution in [0.1, 0.15) is 47.0 Å². The zero-order chi connectivity index (χ0) is 23.9. The van der Waals surface area contributed by atoms with E-state index in [9.17, 15) is 9.59 Å². The van der Waals surface area contributed by atoms with Crippen molar-refractivity contribution in [3.63, 3.8) is 0 Å². The van der Waals surface area contributed by atoms with Gasteiger partial charge in [-0.1, -0.05) is 25.0 Å². The van der Waals surface area contributed by atoms with Crippen LogP contribution in [0.15, 0.2) is 53.2 Å². The van der Waals surface area contributed by atoms with Gasteiger partial charge in [0.25, 0.3) is 0 Å². The lowest BCUT2D eigenvalue weighted by atomic mass is 10.0. The minimum Gasteiger partial charge on any atom is -0.497 e. The fraction of sp³-hybridized carbons (Fsp3) is 0.385. The number of carbonyl (C=O) groups is 2. The highest BCUT2D eigenvalue weighted by Crippen LogP contribution is 2.35. The van der Waals surface area contributed by atoms with E-state index in [1.165, 1.54) is 0 Å². The molecule has 2 aromatic heterocycles. The molecule has 180 valence electrons. The molecule has 0 aliphatic heterocycles. The predicted octanol–water partition coefficient (Wildman–Crippen LogP) is 5.20. The van der Waals surface area contributed by atoms with Crippen molar-refractivity contribution in [1.29, 1.82) is 0 Å². The average Bonchev–Trinajstić information content (AvgIpc) is 3.63. The molecular weight excluding hydrogens is 468 g/mol. The largest absolute Gasteiger partial charge is 0.497 e. The van der Waals surface area contributed by atoms with E-state index in [0.29, 0.717) is 23.6 Å². The predicted molar refractivity (Wildman–Crippen MR) is 136 cm³/mol. The summed E-state index contributed by atoms with van der Waals surface area (Å²) >= 11 is 3.11. The first-order chi connectivity index (χ1) is 16.6. The Morgan fingerprint density at radius 2 is 1.74 bits per heavy atom. The van der Waals surface area contributed by atoms with E-state index in [0.717, 1.165) is 35.4 Å². The maximum absolute atomic E-state index is 13.8. The van der Waals surface area contributed by atoms with Crippen LogP contribution < -0.4 is 14.8 Å². The summed E-state index contributed by atoms with van der Waals surface area (Å²) in [6.45, 7) is 0.338. The van der Waals surface area contributed by atoms with Crippen LogP contribution in [0.25, 0.3) is 0 Å². The first-order valence-corrected chi connectivity index (χ1v) is 13.2. The molecular formula is C26H30N2O4S2. The van der Waals surface area contributed by atoms with Crippen LogP contribution in [-0.2, 0) is 22.6 Å². The van der Waals surface area contributed by atoms with E-state index >= 15 is 0 Å². The van der Waals surface area contributed by atoms with Gasteiger partial charge in [-0.25, -0.2) is 0 Å². The molecule has 3 aromatic rings. The van der Waals surface area contributed by atoms with Crippen LogP contribution >= 0.6 is 22.7 Å². The van der Waals surface area contributed by atoms with Crippen molar-refractivity contribution in [2.24, 2.45) is 0 Å². The van der Waals surface area contributed by atoms with Crippen molar-refractivity contribution in [1.82, 2.24) is 10.2 Å². The first kappa shape index (κ1) is 24.3. The molecule has 0 bridgehead atoms. The van der Waals surface area contributed by atoms with Crippen molar-refractivity contribution >= 4 is 34.5 Å². The lowest BCUT2D eigenvalue weighted by molar-refractivity contribution is -0.141. The van der Waals surface area contributed by atoms with Gasteiger partial charge in [-0.2, -0.15) is 0 Å². The van der Waals surface area contributed by atoms with E-state index in [-0.39, 0.29) is 24.3 Å². The summed E-state index contributed by atoms with van der Waals surface area (Å²) in [5.41, 5.74) is 0.619. The van der Waals surface area contributed by atoms with Crippen molar-refractivity contribution in [2.75, 3.05) is 14.2 Å². The zero-order valence-corrected chi connectivity index (χ0v) is 21.1. The second-order valence-electron chi connectivity index (χ2n) is 8.36. The van der Waals surface area contributed by atoms with Gasteiger partial charge >= 0.3 is 0 Å². The Kier molecular flexibility index (Phi) is 8.24. The van der Waals surface area contributed by atoms with Crippen LogP contribution in [0.3, 0.4) is 0 Å². The number of methoxy groups -OCH3 is 2. The number of thiophene rings is 2. The number of hydrogen-bond donors (Lipinski definition) is 1. The van der Waals surface area contributed by atoms with Gasteiger partial charge in [-0.05, 0) is 53.9 Å². The van der Waals surface area contributed by atoms with Crippen LogP contribution in [0.2, 0.25) is 0 Å². The number of rotatable bonds is 10. The Morgan fingerprint density at radius 3 is 2.35 bits per heavy atom. The van der Waals surface area contributed by atoms with Gasteiger partial charge in [0.15, 0.2) is 0 Å². The normalized spacial score (nSPS) is 14.5. The molecule has 1 aliphatic rings. The van der Waals surface area contributed by atoms with Gasteiger partial charge in [0, 0.05) is 21.4 Å². The van der Waals surface area contributed by atoms with Crippen molar-refractivity contribution in [3.8, 4) is 11.5 Å². The summed E-state index contributed by atoms with van der Waals surface area (Å²) in [7, 11) is 3.17. The molecule has 1 aromatic carbocycles. The molecule has 1 aliphatic carbocycles. The summed E-state index contributed by atoms with van der Waals surface area (Å²) in [5, 5.41) is 7.16. The molecule has 6 nitrogen and oxygen atoms in total. The number of carbonyl (C=O) groups excluding carboxylic acids is 2. The molecule has 4 rings (SSSR count). The second-order valence-corrected chi connectivity index (χ2v) is 10.4. The van der Waals surface area contributed by atoms with Gasteiger partial charge < -0.3 is 19.7 Å². The molecule has 8 heteroatoms. The first-order valence-electron chi connectivity index (χ1n) is 11.5. The van der Waals surface area contributed by atoms with Gasteiger partial charge in [-0.3, -0.25) is 9.59 Å². The highest BCUT2D eigenvalue weighted by atomic mass is 32.1. The van der Waals surface area contributed by atoms with Gasteiger partial charge in [0.05, 0.1) is 27.2 Å². The Balaban J connectivity index is 1.76. The number of benzene rings is 1. The summed E-state index contributed by atoms with van der Waals surface area (Å²) in [4.78, 5) is 31.2. The van der Waals surface area contributed by atoms with Crippen LogP contribution in [0.4, 0.5) is 0 Å². The molecule has 2 amide bonds. The highest BCUT2D eigenvalue weighted by molar-refractivity contribution is 7.10. The third-order valence-electron chi connectivity index (χ3n) is 6.13. The van der Waals surface area contributed by atoms with E-state index in [2.05, 4.69) is 5.32 Å². The third kappa shape index (κ3) is 5.80. The monoisotopic (exact) mass is 498 g/mol. The molecule has 34 heavy (non-hydrogen) atoms. The van der Waals surface area contributed by atoms with E-state index in [1.54, 1.807) is 60.0 Å². The lowest BCUT2D eigenvalue weighted by Crippen LogP contribution is -2.46. The van der Waals surface area contributed by atoms with Crippen LogP contribution in [0.5, 0.6) is 11.5 Å². The zero-order valence-electron chi connectivity index (χ0n) is 19.5. The summed E-state index contributed by atoms with van der Waals surface area (Å²) in [6, 6.07) is 12.5. The molecule has 0 spiro atoms. The molecule has 1 unspecified atom stereocenters. The van der Waals surface area contributed by atoms with Crippen LogP contribution in [0, 0.1) is 0 Å². The molecule has 1 N–H and O–H groups in total. The topological polar surface area (TPSA) is 67.9 Å². The molecule has 1 fully saturated rings. The van der Waals surface area contributed by atoms with E-state index in [1.807, 2.05) is 35.0 Å². The number of ether oxygens (including phenoxy) is 2. The van der Waals surface area contributed by atoms with Gasteiger partial charge in [-0.15, -0.1) is 22.7 Å². The maximum atomic E-state index is 13.8. The molecule has 0 saturated heterocycles. The van der Waals surface area contributed by atoms with Crippen molar-refractivity contribution in [3.05, 3.63) is 68.5 Å². The molecule has 1 saturated carbocycles. The maximum Gasteiger partial charge on any atom is 0.247 e. The number of nitrogens with zero attached hydrogens (tertiary/aromatic N) is 1. The van der Waals surface area contributed by atoms with Crippen molar-refractivity contribution in [2.45, 2.75) is 50.7 Å². The molecule has 1 atom stereocenters. The minimum absolute atomic E-state index is 0.104. The Morgan fingerprint density at radius 1 is 1.03 bits per heavy atom. The smallest absolute Gasteiger partial charge is 0.247 e. The highest BCUT2D eigenvalue weighted by Gasteiger charge is 2.35. The van der Waals surface area contributed by atoms with Crippen LogP contribution in [-0.4, -0.2) is 37.0 Å². The fourth-order valence-corrected chi connectivity index (χ4v) is 5.81. The lowest BCUT2D eigenvalue weighted by Gasteiger charge is -2.33. The quantitative estimate of drug-likeness (QED) is 0.417. The van der Waals surface area contributed by atoms with E-state index < -0.39 is 6.04 Å². The number of amides is 2. The van der Waals surface area contributed by atoms with E-state index in [4.69, 9.17) is 9.47 Å². The van der Waals surface area contributed by atoms with Gasteiger partial charge in [0.2, 0.25) is 11.8 Å².